The molecule has 2 N–H and O–H groups in total. The van der Waals surface area contributed by atoms with Crippen molar-refractivity contribution in [2.75, 3.05) is 0 Å². The van der Waals surface area contributed by atoms with Gasteiger partial charge in [-0.05, 0) is 36.8 Å². The monoisotopic (exact) mass is 305 g/mol. The Balaban J connectivity index is 1.90. The molecule has 2 aromatic carbocycles. The Morgan fingerprint density at radius 1 is 0.955 bits per heavy atom. The van der Waals surface area contributed by atoms with Crippen LogP contribution in [0.15, 0.2) is 54.6 Å². The fourth-order valence-electron chi connectivity index (χ4n) is 2.75. The predicted molar refractivity (Wildman–Crippen MR) is 92.1 cm³/mol. The van der Waals surface area contributed by atoms with Crippen LogP contribution in [0.5, 0.6) is 0 Å². The molecule has 1 unspecified atom stereocenters. The maximum Gasteiger partial charge on any atom is 0.115 e. The van der Waals surface area contributed by atoms with Crippen molar-refractivity contribution in [1.82, 2.24) is 9.97 Å². The summed E-state index contributed by atoms with van der Waals surface area (Å²) in [6.45, 7) is 2.00. The number of para-hydroxylation sites is 2. The number of aryl methyl sites for hydroxylation is 1. The molecule has 0 aliphatic rings. The summed E-state index contributed by atoms with van der Waals surface area (Å²) in [5, 5.41) is 2.04. The Hall–Kier alpha value is -2.30. The van der Waals surface area contributed by atoms with E-state index in [4.69, 9.17) is 10.7 Å². The van der Waals surface area contributed by atoms with Crippen LogP contribution < -0.4 is 5.73 Å². The highest BCUT2D eigenvalue weighted by Gasteiger charge is 2.17. The van der Waals surface area contributed by atoms with Crippen molar-refractivity contribution < 1.29 is 0 Å². The maximum absolute atomic E-state index is 6.54. The van der Waals surface area contributed by atoms with Gasteiger partial charge in [-0.2, -0.15) is 0 Å². The van der Waals surface area contributed by atoms with E-state index in [2.05, 4.69) is 23.2 Å². The van der Waals surface area contributed by atoms with Crippen LogP contribution in [-0.2, 0) is 0 Å². The van der Waals surface area contributed by atoms with Gasteiger partial charge in [0, 0.05) is 11.1 Å². The summed E-state index contributed by atoms with van der Waals surface area (Å²) in [5.41, 5.74) is 10.6. The number of thiazole rings is 1. The molecule has 0 radical (unpaired) electrons. The van der Waals surface area contributed by atoms with E-state index < -0.39 is 0 Å². The van der Waals surface area contributed by atoms with Crippen LogP contribution in [0, 0.1) is 6.92 Å². The van der Waals surface area contributed by atoms with E-state index in [0.717, 1.165) is 32.7 Å². The topological polar surface area (TPSA) is 51.8 Å². The summed E-state index contributed by atoms with van der Waals surface area (Å²) in [6.07, 6.45) is 0. The first-order valence-corrected chi connectivity index (χ1v) is 8.01. The van der Waals surface area contributed by atoms with E-state index in [1.807, 2.05) is 43.3 Å². The first-order chi connectivity index (χ1) is 10.7. The van der Waals surface area contributed by atoms with E-state index in [0.29, 0.717) is 0 Å². The lowest BCUT2D eigenvalue weighted by Crippen LogP contribution is -2.12. The second-order valence-electron chi connectivity index (χ2n) is 5.37. The summed E-state index contributed by atoms with van der Waals surface area (Å²) >= 11 is 1.66. The highest BCUT2D eigenvalue weighted by molar-refractivity contribution is 7.18. The average molecular weight is 305 g/mol. The van der Waals surface area contributed by atoms with Crippen molar-refractivity contribution in [1.29, 1.82) is 0 Å². The predicted octanol–water partition coefficient (Wildman–Crippen LogP) is 4.20. The molecule has 0 aliphatic heterocycles. The van der Waals surface area contributed by atoms with Crippen LogP contribution in [0.25, 0.3) is 21.1 Å². The second-order valence-corrected chi connectivity index (χ2v) is 6.43. The third kappa shape index (κ3) is 2.17. The van der Waals surface area contributed by atoms with Crippen molar-refractivity contribution in [3.63, 3.8) is 0 Å². The Morgan fingerprint density at radius 2 is 1.68 bits per heavy atom. The zero-order chi connectivity index (χ0) is 15.1. The molecular weight excluding hydrogens is 290 g/mol. The molecule has 4 aromatic rings. The van der Waals surface area contributed by atoms with Crippen LogP contribution in [0.2, 0.25) is 0 Å². The van der Waals surface area contributed by atoms with Gasteiger partial charge in [0.2, 0.25) is 0 Å². The minimum atomic E-state index is -0.232. The van der Waals surface area contributed by atoms with Gasteiger partial charge in [-0.3, -0.25) is 4.98 Å². The number of aromatic nitrogens is 2. The highest BCUT2D eigenvalue weighted by atomic mass is 32.1. The number of nitrogens with two attached hydrogens (primary N) is 1. The molecule has 4 rings (SSSR count). The van der Waals surface area contributed by atoms with Gasteiger partial charge in [0.05, 0.1) is 21.8 Å². The molecule has 4 heteroatoms. The van der Waals surface area contributed by atoms with Crippen molar-refractivity contribution in [3.8, 4) is 0 Å². The quantitative estimate of drug-likeness (QED) is 0.604. The molecule has 3 nitrogen and oxygen atoms in total. The Morgan fingerprint density at radius 3 is 2.50 bits per heavy atom. The van der Waals surface area contributed by atoms with Crippen LogP contribution in [0.4, 0.5) is 0 Å². The first kappa shape index (κ1) is 13.4. The smallest absolute Gasteiger partial charge is 0.115 e. The molecule has 0 saturated heterocycles. The SMILES string of the molecule is Cc1cc(C(N)c2nc3ccccc3s2)c2ccccc2n1. The molecule has 108 valence electrons. The lowest BCUT2D eigenvalue weighted by molar-refractivity contribution is 0.866. The summed E-state index contributed by atoms with van der Waals surface area (Å²) in [5.74, 6) is 0. The normalized spacial score (nSPS) is 12.8. The minimum Gasteiger partial charge on any atom is -0.318 e. The highest BCUT2D eigenvalue weighted by Crippen LogP contribution is 2.32. The largest absolute Gasteiger partial charge is 0.318 e. The Kier molecular flexibility index (Phi) is 3.13. The summed E-state index contributed by atoms with van der Waals surface area (Å²) in [6, 6.07) is 18.1. The van der Waals surface area contributed by atoms with E-state index in [1.54, 1.807) is 11.3 Å². The molecule has 0 amide bonds. The van der Waals surface area contributed by atoms with E-state index in [9.17, 15) is 0 Å². The average Bonchev–Trinajstić information content (AvgIpc) is 2.97. The lowest BCUT2D eigenvalue weighted by Gasteiger charge is -2.13. The number of benzene rings is 2. The molecule has 0 saturated carbocycles. The molecule has 0 fully saturated rings. The molecule has 22 heavy (non-hydrogen) atoms. The van der Waals surface area contributed by atoms with E-state index in [1.165, 1.54) is 4.70 Å². The van der Waals surface area contributed by atoms with Gasteiger partial charge in [0.25, 0.3) is 0 Å². The second kappa shape index (κ2) is 5.16. The standard InChI is InChI=1S/C18H15N3S/c1-11-10-13(12-6-2-3-7-14(12)20-11)17(19)18-21-15-8-4-5-9-16(15)22-18/h2-10,17H,19H2,1H3. The van der Waals surface area contributed by atoms with Crippen LogP contribution in [0.1, 0.15) is 22.3 Å². The molecular formula is C18H15N3S. The number of pyridine rings is 1. The first-order valence-electron chi connectivity index (χ1n) is 7.20. The van der Waals surface area contributed by atoms with Crippen molar-refractivity contribution in [3.05, 3.63) is 70.9 Å². The zero-order valence-corrected chi connectivity index (χ0v) is 13.0. The Bertz CT molecular complexity index is 941. The summed E-state index contributed by atoms with van der Waals surface area (Å²) in [4.78, 5) is 9.28. The third-order valence-corrected chi connectivity index (χ3v) is 4.91. The van der Waals surface area contributed by atoms with Gasteiger partial charge in [-0.25, -0.2) is 4.98 Å². The van der Waals surface area contributed by atoms with Gasteiger partial charge in [-0.15, -0.1) is 11.3 Å². The molecule has 0 spiro atoms. The number of nitrogens with zero attached hydrogens (tertiary/aromatic N) is 2. The van der Waals surface area contributed by atoms with Crippen molar-refractivity contribution in [2.24, 2.45) is 5.73 Å². The van der Waals surface area contributed by atoms with Crippen molar-refractivity contribution >= 4 is 32.5 Å². The molecule has 2 heterocycles. The van der Waals surface area contributed by atoms with Gasteiger partial charge in [0.1, 0.15) is 5.01 Å². The third-order valence-electron chi connectivity index (χ3n) is 3.79. The summed E-state index contributed by atoms with van der Waals surface area (Å²) in [7, 11) is 0. The van der Waals surface area contributed by atoms with E-state index in [-0.39, 0.29) is 6.04 Å². The summed E-state index contributed by atoms with van der Waals surface area (Å²) < 4.78 is 1.17. The maximum atomic E-state index is 6.54. The lowest BCUT2D eigenvalue weighted by atomic mass is 10.0. The van der Waals surface area contributed by atoms with Crippen LogP contribution >= 0.6 is 11.3 Å². The van der Waals surface area contributed by atoms with Gasteiger partial charge < -0.3 is 5.73 Å². The fraction of sp³-hybridized carbons (Fsp3) is 0.111. The molecule has 1 atom stereocenters. The van der Waals surface area contributed by atoms with Gasteiger partial charge in [-0.1, -0.05) is 30.3 Å². The number of hydrogen-bond donors (Lipinski definition) is 1. The Labute approximate surface area is 132 Å². The van der Waals surface area contributed by atoms with Gasteiger partial charge >= 0.3 is 0 Å². The zero-order valence-electron chi connectivity index (χ0n) is 12.2. The van der Waals surface area contributed by atoms with Crippen LogP contribution in [0.3, 0.4) is 0 Å². The van der Waals surface area contributed by atoms with Crippen LogP contribution in [-0.4, -0.2) is 9.97 Å². The molecule has 0 bridgehead atoms. The number of rotatable bonds is 2. The molecule has 2 aromatic heterocycles. The molecule has 0 aliphatic carbocycles. The number of hydrogen-bond acceptors (Lipinski definition) is 4. The van der Waals surface area contributed by atoms with E-state index >= 15 is 0 Å². The minimum absolute atomic E-state index is 0.232. The van der Waals surface area contributed by atoms with Gasteiger partial charge in [0.15, 0.2) is 0 Å². The van der Waals surface area contributed by atoms with Crippen molar-refractivity contribution in [2.45, 2.75) is 13.0 Å². The fourth-order valence-corrected chi connectivity index (χ4v) is 3.74. The number of fused-ring (bicyclic) bond motifs is 2.